The summed E-state index contributed by atoms with van der Waals surface area (Å²) in [4.78, 5) is 0. The van der Waals surface area contributed by atoms with E-state index in [1.54, 1.807) is 6.26 Å². The number of hydrogen-bond acceptors (Lipinski definition) is 4. The summed E-state index contributed by atoms with van der Waals surface area (Å²) in [5.41, 5.74) is 0. The zero-order valence-electron chi connectivity index (χ0n) is 16.3. The first-order chi connectivity index (χ1) is 11.8. The Balaban J connectivity index is 3.60. The standard InChI is InChI=1S/C20H40O4/c1-4-7-10-12-15-21-19-22-16-13-11-14-20(23-17-8-5-2)24-18-9-6-3/h13,16,20H,4-12,14-15,17-19H2,1-3H3. The van der Waals surface area contributed by atoms with Crippen molar-refractivity contribution in [1.82, 2.24) is 0 Å². The molecule has 0 amide bonds. The minimum Gasteiger partial charge on any atom is -0.475 e. The van der Waals surface area contributed by atoms with Crippen LogP contribution in [0.3, 0.4) is 0 Å². The van der Waals surface area contributed by atoms with Crippen LogP contribution in [0.5, 0.6) is 0 Å². The first-order valence-corrected chi connectivity index (χ1v) is 9.92. The molecule has 0 saturated carbocycles. The van der Waals surface area contributed by atoms with Crippen molar-refractivity contribution >= 4 is 0 Å². The SMILES string of the molecule is CCCCCCOCOC=CCCC(OCCCC)OCCCC. The number of rotatable bonds is 19. The molecule has 0 bridgehead atoms. The number of ether oxygens (including phenoxy) is 4. The van der Waals surface area contributed by atoms with Gasteiger partial charge in [-0.2, -0.15) is 0 Å². The zero-order chi connectivity index (χ0) is 17.7. The summed E-state index contributed by atoms with van der Waals surface area (Å²) in [6.45, 7) is 9.23. The van der Waals surface area contributed by atoms with Gasteiger partial charge in [-0.25, -0.2) is 0 Å². The molecule has 0 unspecified atom stereocenters. The predicted octanol–water partition coefficient (Wildman–Crippen LogP) is 5.81. The van der Waals surface area contributed by atoms with E-state index >= 15 is 0 Å². The van der Waals surface area contributed by atoms with E-state index in [0.717, 1.165) is 64.8 Å². The van der Waals surface area contributed by atoms with Gasteiger partial charge in [0.05, 0.1) is 12.9 Å². The van der Waals surface area contributed by atoms with E-state index < -0.39 is 0 Å². The smallest absolute Gasteiger partial charge is 0.188 e. The molecule has 0 N–H and O–H groups in total. The Bertz CT molecular complexity index is 246. The molecule has 0 aromatic rings. The van der Waals surface area contributed by atoms with Crippen LogP contribution >= 0.6 is 0 Å². The van der Waals surface area contributed by atoms with Gasteiger partial charge in [0.25, 0.3) is 0 Å². The van der Waals surface area contributed by atoms with Gasteiger partial charge in [0.15, 0.2) is 13.1 Å². The topological polar surface area (TPSA) is 36.9 Å². The molecular formula is C20H40O4. The summed E-state index contributed by atoms with van der Waals surface area (Å²) in [7, 11) is 0. The fourth-order valence-corrected chi connectivity index (χ4v) is 2.08. The minimum absolute atomic E-state index is 0.0948. The molecule has 0 aliphatic rings. The van der Waals surface area contributed by atoms with Gasteiger partial charge in [0.2, 0.25) is 0 Å². The number of unbranched alkanes of at least 4 members (excludes halogenated alkanes) is 5. The average molecular weight is 345 g/mol. The highest BCUT2D eigenvalue weighted by atomic mass is 16.7. The Labute approximate surface area is 149 Å². The Morgan fingerprint density at radius 1 is 0.750 bits per heavy atom. The molecule has 0 rings (SSSR count). The molecular weight excluding hydrogens is 304 g/mol. The predicted molar refractivity (Wildman–Crippen MR) is 99.9 cm³/mol. The zero-order valence-corrected chi connectivity index (χ0v) is 16.3. The van der Waals surface area contributed by atoms with E-state index in [0.29, 0.717) is 6.79 Å². The Hall–Kier alpha value is -0.580. The van der Waals surface area contributed by atoms with Crippen LogP contribution in [0.15, 0.2) is 12.3 Å². The largest absolute Gasteiger partial charge is 0.475 e. The average Bonchev–Trinajstić information content (AvgIpc) is 2.59. The molecule has 0 aliphatic heterocycles. The van der Waals surface area contributed by atoms with Crippen molar-refractivity contribution in [3.05, 3.63) is 12.3 Å². The van der Waals surface area contributed by atoms with E-state index in [2.05, 4.69) is 20.8 Å². The molecule has 144 valence electrons. The Morgan fingerprint density at radius 3 is 2.04 bits per heavy atom. The summed E-state index contributed by atoms with van der Waals surface area (Å²) >= 11 is 0. The summed E-state index contributed by atoms with van der Waals surface area (Å²) in [5, 5.41) is 0. The van der Waals surface area contributed by atoms with Crippen LogP contribution in [0, 0.1) is 0 Å². The van der Waals surface area contributed by atoms with Gasteiger partial charge in [-0.05, 0) is 31.8 Å². The summed E-state index contributed by atoms with van der Waals surface area (Å²) in [6, 6.07) is 0. The van der Waals surface area contributed by atoms with Crippen molar-refractivity contribution in [3.8, 4) is 0 Å². The van der Waals surface area contributed by atoms with Crippen LogP contribution in [0.4, 0.5) is 0 Å². The lowest BCUT2D eigenvalue weighted by molar-refractivity contribution is -0.146. The second kappa shape index (κ2) is 20.5. The van der Waals surface area contributed by atoms with E-state index in [4.69, 9.17) is 18.9 Å². The van der Waals surface area contributed by atoms with E-state index in [9.17, 15) is 0 Å². The van der Waals surface area contributed by atoms with Gasteiger partial charge >= 0.3 is 0 Å². The summed E-state index contributed by atoms with van der Waals surface area (Å²) < 4.78 is 22.3. The normalized spacial score (nSPS) is 11.7. The molecule has 0 aromatic heterocycles. The van der Waals surface area contributed by atoms with Crippen LogP contribution in [0.1, 0.15) is 85.0 Å². The van der Waals surface area contributed by atoms with Crippen LogP contribution in [0.25, 0.3) is 0 Å². The Kier molecular flexibility index (Phi) is 20.0. The van der Waals surface area contributed by atoms with Gasteiger partial charge < -0.3 is 18.9 Å². The van der Waals surface area contributed by atoms with Gasteiger partial charge in [-0.15, -0.1) is 0 Å². The highest BCUT2D eigenvalue weighted by Crippen LogP contribution is 2.08. The summed E-state index contributed by atoms with van der Waals surface area (Å²) in [6.07, 6.45) is 14.8. The van der Waals surface area contributed by atoms with Crippen molar-refractivity contribution in [2.24, 2.45) is 0 Å². The molecule has 4 heteroatoms. The fourth-order valence-electron chi connectivity index (χ4n) is 2.08. The van der Waals surface area contributed by atoms with Crippen molar-refractivity contribution in [1.29, 1.82) is 0 Å². The lowest BCUT2D eigenvalue weighted by Gasteiger charge is -2.17. The monoisotopic (exact) mass is 344 g/mol. The number of hydrogen-bond donors (Lipinski definition) is 0. The van der Waals surface area contributed by atoms with Crippen molar-refractivity contribution < 1.29 is 18.9 Å². The molecule has 0 saturated heterocycles. The van der Waals surface area contributed by atoms with Crippen LogP contribution < -0.4 is 0 Å². The van der Waals surface area contributed by atoms with Crippen molar-refractivity contribution in [3.63, 3.8) is 0 Å². The quantitative estimate of drug-likeness (QED) is 0.168. The van der Waals surface area contributed by atoms with Crippen molar-refractivity contribution in [2.75, 3.05) is 26.6 Å². The molecule has 24 heavy (non-hydrogen) atoms. The lowest BCUT2D eigenvalue weighted by Crippen LogP contribution is -2.18. The third-order valence-electron chi connectivity index (χ3n) is 3.66. The van der Waals surface area contributed by atoms with Gasteiger partial charge in [-0.1, -0.05) is 52.9 Å². The van der Waals surface area contributed by atoms with E-state index in [-0.39, 0.29) is 6.29 Å². The first kappa shape index (κ1) is 23.4. The maximum Gasteiger partial charge on any atom is 0.188 e. The maximum absolute atomic E-state index is 5.80. The molecule has 0 heterocycles. The van der Waals surface area contributed by atoms with E-state index in [1.807, 2.05) is 6.08 Å². The maximum atomic E-state index is 5.80. The molecule has 0 radical (unpaired) electrons. The van der Waals surface area contributed by atoms with Crippen LogP contribution in [0.2, 0.25) is 0 Å². The van der Waals surface area contributed by atoms with Crippen LogP contribution in [-0.2, 0) is 18.9 Å². The third-order valence-corrected chi connectivity index (χ3v) is 3.66. The molecule has 0 aliphatic carbocycles. The third kappa shape index (κ3) is 17.8. The molecule has 0 spiro atoms. The minimum atomic E-state index is -0.0948. The molecule has 0 fully saturated rings. The Morgan fingerprint density at radius 2 is 1.42 bits per heavy atom. The first-order valence-electron chi connectivity index (χ1n) is 9.92. The lowest BCUT2D eigenvalue weighted by atomic mass is 10.2. The fraction of sp³-hybridized carbons (Fsp3) is 0.900. The second-order valence-corrected chi connectivity index (χ2v) is 6.08. The van der Waals surface area contributed by atoms with Gasteiger partial charge in [-0.3, -0.25) is 0 Å². The molecule has 4 nitrogen and oxygen atoms in total. The number of allylic oxidation sites excluding steroid dienone is 1. The highest BCUT2D eigenvalue weighted by molar-refractivity contribution is 4.73. The van der Waals surface area contributed by atoms with Gasteiger partial charge in [0.1, 0.15) is 0 Å². The second-order valence-electron chi connectivity index (χ2n) is 6.08. The highest BCUT2D eigenvalue weighted by Gasteiger charge is 2.07. The van der Waals surface area contributed by atoms with Gasteiger partial charge in [0, 0.05) is 19.6 Å². The summed E-state index contributed by atoms with van der Waals surface area (Å²) in [5.74, 6) is 0. The molecule has 0 aromatic carbocycles. The van der Waals surface area contributed by atoms with Crippen LogP contribution in [-0.4, -0.2) is 32.9 Å². The van der Waals surface area contributed by atoms with Crippen molar-refractivity contribution in [2.45, 2.75) is 91.3 Å². The molecule has 0 atom stereocenters. The van der Waals surface area contributed by atoms with E-state index in [1.165, 1.54) is 19.3 Å².